The number of methoxy groups -OCH3 is 1. The molecule has 0 aromatic heterocycles. The molecule has 5 nitrogen and oxygen atoms in total. The zero-order valence-electron chi connectivity index (χ0n) is 14.9. The Morgan fingerprint density at radius 2 is 2.09 bits per heavy atom. The van der Waals surface area contributed by atoms with E-state index in [1.807, 2.05) is 0 Å². The molecule has 138 valence electrons. The largest absolute Gasteiger partial charge is 0.382 e. The van der Waals surface area contributed by atoms with Gasteiger partial charge in [0.05, 0.1) is 13.2 Å². The second-order valence-corrected chi connectivity index (χ2v) is 6.80. The van der Waals surface area contributed by atoms with Crippen LogP contribution < -0.4 is 5.32 Å². The molecule has 23 heavy (non-hydrogen) atoms. The van der Waals surface area contributed by atoms with E-state index >= 15 is 0 Å². The lowest BCUT2D eigenvalue weighted by Gasteiger charge is -2.34. The van der Waals surface area contributed by atoms with Gasteiger partial charge in [-0.3, -0.25) is 4.99 Å². The van der Waals surface area contributed by atoms with Crippen LogP contribution in [0.15, 0.2) is 4.99 Å². The number of hydrogen-bond donors (Lipinski definition) is 1. The summed E-state index contributed by atoms with van der Waals surface area (Å²) in [4.78, 5) is 7.20. The highest BCUT2D eigenvalue weighted by atomic mass is 127. The minimum atomic E-state index is 0. The number of nitrogens with one attached hydrogen (secondary N) is 1. The zero-order valence-corrected chi connectivity index (χ0v) is 18.0. The van der Waals surface area contributed by atoms with Gasteiger partial charge in [-0.1, -0.05) is 6.92 Å². The molecule has 1 fully saturated rings. The van der Waals surface area contributed by atoms with Gasteiger partial charge in [0, 0.05) is 50.9 Å². The number of halogens is 1. The van der Waals surface area contributed by atoms with Crippen LogP contribution in [-0.4, -0.2) is 75.0 Å². The Morgan fingerprint density at radius 3 is 2.78 bits per heavy atom. The standard InChI is InChI=1S/C16H33N3O2S.HI/c1-4-15-14-19(9-13-22-15)16(17-5-2)18-8-6-7-10-21-12-11-20-3;/h15H,4-14H2,1-3H3,(H,17,18);1H. The summed E-state index contributed by atoms with van der Waals surface area (Å²) in [7, 11) is 1.70. The highest BCUT2D eigenvalue weighted by Crippen LogP contribution is 2.21. The number of aliphatic imine (C=N–C) groups is 1. The number of ether oxygens (including phenoxy) is 2. The van der Waals surface area contributed by atoms with Crippen molar-refractivity contribution in [2.45, 2.75) is 38.4 Å². The first-order valence-corrected chi connectivity index (χ1v) is 9.58. The van der Waals surface area contributed by atoms with Gasteiger partial charge in [0.15, 0.2) is 5.96 Å². The smallest absolute Gasteiger partial charge is 0.193 e. The molecule has 7 heteroatoms. The summed E-state index contributed by atoms with van der Waals surface area (Å²) >= 11 is 2.09. The molecular formula is C16H34IN3O2S. The fraction of sp³-hybridized carbons (Fsp3) is 0.938. The van der Waals surface area contributed by atoms with E-state index in [0.29, 0.717) is 13.2 Å². The molecule has 1 rings (SSSR count). The van der Waals surface area contributed by atoms with Crippen molar-refractivity contribution in [2.75, 3.05) is 58.9 Å². The SMILES string of the molecule is CCNC(=NCCCCOCCOC)N1CCSC(CC)C1.I. The second kappa shape index (κ2) is 15.8. The molecule has 0 radical (unpaired) electrons. The first-order chi connectivity index (χ1) is 10.8. The first kappa shape index (κ1) is 23.3. The minimum absolute atomic E-state index is 0. The van der Waals surface area contributed by atoms with Gasteiger partial charge in [-0.2, -0.15) is 11.8 Å². The molecule has 0 spiro atoms. The maximum Gasteiger partial charge on any atom is 0.193 e. The van der Waals surface area contributed by atoms with Crippen molar-refractivity contribution in [1.29, 1.82) is 0 Å². The van der Waals surface area contributed by atoms with E-state index in [1.165, 1.54) is 12.2 Å². The summed E-state index contributed by atoms with van der Waals surface area (Å²) in [5, 5.41) is 4.18. The maximum atomic E-state index is 5.47. The van der Waals surface area contributed by atoms with Crippen LogP contribution in [0.1, 0.15) is 33.1 Å². The zero-order chi connectivity index (χ0) is 16.0. The van der Waals surface area contributed by atoms with Gasteiger partial charge in [-0.25, -0.2) is 0 Å². The third-order valence-electron chi connectivity index (χ3n) is 3.62. The molecule has 0 saturated carbocycles. The van der Waals surface area contributed by atoms with E-state index in [9.17, 15) is 0 Å². The van der Waals surface area contributed by atoms with Crippen LogP contribution in [-0.2, 0) is 9.47 Å². The monoisotopic (exact) mass is 459 g/mol. The molecule has 1 heterocycles. The van der Waals surface area contributed by atoms with Crippen molar-refractivity contribution in [3.05, 3.63) is 0 Å². The van der Waals surface area contributed by atoms with Gasteiger partial charge in [0.1, 0.15) is 0 Å². The van der Waals surface area contributed by atoms with Gasteiger partial charge in [0.25, 0.3) is 0 Å². The van der Waals surface area contributed by atoms with Gasteiger partial charge in [-0.05, 0) is 26.2 Å². The summed E-state index contributed by atoms with van der Waals surface area (Å²) < 4.78 is 10.4. The van der Waals surface area contributed by atoms with E-state index in [-0.39, 0.29) is 24.0 Å². The third-order valence-corrected chi connectivity index (χ3v) is 4.99. The lowest BCUT2D eigenvalue weighted by molar-refractivity contribution is 0.0690. The summed E-state index contributed by atoms with van der Waals surface area (Å²) in [5.74, 6) is 2.29. The number of thioether (sulfide) groups is 1. The molecule has 0 aliphatic carbocycles. The van der Waals surface area contributed by atoms with Crippen molar-refractivity contribution in [3.63, 3.8) is 0 Å². The molecule has 0 aromatic carbocycles. The summed E-state index contributed by atoms with van der Waals surface area (Å²) in [6, 6.07) is 0. The Labute approximate surface area is 163 Å². The van der Waals surface area contributed by atoms with Crippen LogP contribution in [0.5, 0.6) is 0 Å². The lowest BCUT2D eigenvalue weighted by Crippen LogP contribution is -2.48. The lowest BCUT2D eigenvalue weighted by atomic mass is 10.3. The molecule has 1 saturated heterocycles. The van der Waals surface area contributed by atoms with Crippen LogP contribution in [0.2, 0.25) is 0 Å². The Kier molecular flexibility index (Phi) is 16.0. The average Bonchev–Trinajstić information content (AvgIpc) is 2.56. The molecule has 1 aliphatic heterocycles. The minimum Gasteiger partial charge on any atom is -0.382 e. The van der Waals surface area contributed by atoms with Crippen molar-refractivity contribution in [2.24, 2.45) is 4.99 Å². The van der Waals surface area contributed by atoms with Crippen molar-refractivity contribution < 1.29 is 9.47 Å². The first-order valence-electron chi connectivity index (χ1n) is 8.53. The van der Waals surface area contributed by atoms with Crippen molar-refractivity contribution in [1.82, 2.24) is 10.2 Å². The summed E-state index contributed by atoms with van der Waals surface area (Å²) in [5.41, 5.74) is 0. The number of nitrogens with zero attached hydrogens (tertiary/aromatic N) is 2. The Balaban J connectivity index is 0.00000484. The van der Waals surface area contributed by atoms with Crippen molar-refractivity contribution >= 4 is 41.7 Å². The number of guanidine groups is 1. The highest BCUT2D eigenvalue weighted by Gasteiger charge is 2.21. The number of hydrogen-bond acceptors (Lipinski definition) is 4. The molecular weight excluding hydrogens is 425 g/mol. The van der Waals surface area contributed by atoms with E-state index in [1.54, 1.807) is 7.11 Å². The van der Waals surface area contributed by atoms with E-state index < -0.39 is 0 Å². The highest BCUT2D eigenvalue weighted by molar-refractivity contribution is 14.0. The summed E-state index contributed by atoms with van der Waals surface area (Å²) in [6.07, 6.45) is 3.36. The van der Waals surface area contributed by atoms with Crippen LogP contribution in [0.3, 0.4) is 0 Å². The molecule has 0 aromatic rings. The number of unbranched alkanes of at least 4 members (excludes halogenated alkanes) is 1. The topological polar surface area (TPSA) is 46.1 Å². The van der Waals surface area contributed by atoms with Gasteiger partial charge < -0.3 is 19.7 Å². The van der Waals surface area contributed by atoms with E-state index in [2.05, 4.69) is 35.8 Å². The third kappa shape index (κ3) is 10.7. The molecule has 0 bridgehead atoms. The average molecular weight is 459 g/mol. The fourth-order valence-electron chi connectivity index (χ4n) is 2.33. The Bertz CT molecular complexity index is 309. The normalized spacial score (nSPS) is 18.7. The Hall–Kier alpha value is 0.270. The predicted molar refractivity (Wildman–Crippen MR) is 111 cm³/mol. The van der Waals surface area contributed by atoms with Gasteiger partial charge >= 0.3 is 0 Å². The predicted octanol–water partition coefficient (Wildman–Crippen LogP) is 2.84. The molecule has 0 amide bonds. The molecule has 1 atom stereocenters. The van der Waals surface area contributed by atoms with Gasteiger partial charge in [0.2, 0.25) is 0 Å². The van der Waals surface area contributed by atoms with E-state index in [4.69, 9.17) is 14.5 Å². The van der Waals surface area contributed by atoms with Crippen LogP contribution in [0.4, 0.5) is 0 Å². The fourth-order valence-corrected chi connectivity index (χ4v) is 3.51. The maximum absolute atomic E-state index is 5.47. The van der Waals surface area contributed by atoms with Gasteiger partial charge in [-0.15, -0.1) is 24.0 Å². The quantitative estimate of drug-likeness (QED) is 0.236. The van der Waals surface area contributed by atoms with Crippen LogP contribution in [0.25, 0.3) is 0 Å². The molecule has 1 unspecified atom stereocenters. The second-order valence-electron chi connectivity index (χ2n) is 5.39. The van der Waals surface area contributed by atoms with E-state index in [0.717, 1.165) is 56.8 Å². The Morgan fingerprint density at radius 1 is 1.26 bits per heavy atom. The van der Waals surface area contributed by atoms with Crippen LogP contribution >= 0.6 is 35.7 Å². The number of rotatable bonds is 10. The molecule has 1 N–H and O–H groups in total. The summed E-state index contributed by atoms with van der Waals surface area (Å²) in [6.45, 7) is 10.6. The van der Waals surface area contributed by atoms with Crippen molar-refractivity contribution in [3.8, 4) is 0 Å². The van der Waals surface area contributed by atoms with Crippen LogP contribution in [0, 0.1) is 0 Å². The molecule has 1 aliphatic rings.